The molecule has 0 unspecified atom stereocenters. The second-order valence-electron chi connectivity index (χ2n) is 6.82. The van der Waals surface area contributed by atoms with Gasteiger partial charge in [0.05, 0.1) is 23.4 Å². The maximum Gasteiger partial charge on any atom is 0.341 e. The van der Waals surface area contributed by atoms with Crippen LogP contribution in [0.25, 0.3) is 11.1 Å². The van der Waals surface area contributed by atoms with Gasteiger partial charge in [-0.25, -0.2) is 9.78 Å². The van der Waals surface area contributed by atoms with Gasteiger partial charge in [0, 0.05) is 0 Å². The van der Waals surface area contributed by atoms with Crippen LogP contribution in [-0.2, 0) is 11.3 Å². The Hall–Kier alpha value is -2.96. The smallest absolute Gasteiger partial charge is 0.341 e. The lowest BCUT2D eigenvalue weighted by atomic mass is 9.99. The molecule has 31 heavy (non-hydrogen) atoms. The molecule has 4 rings (SSSR count). The second kappa shape index (κ2) is 9.04. The quantitative estimate of drug-likeness (QED) is 0.370. The van der Waals surface area contributed by atoms with Gasteiger partial charge in [-0.05, 0) is 47.9 Å². The minimum atomic E-state index is -0.602. The predicted octanol–water partition coefficient (Wildman–Crippen LogP) is 5.50. The topological polar surface area (TPSA) is 66.9 Å². The molecule has 3 aromatic rings. The number of benzene rings is 2. The number of nitrogens with zero attached hydrogens (tertiary/aromatic N) is 1. The third-order valence-corrected chi connectivity index (χ3v) is 5.52. The average molecular weight is 460 g/mol. The first-order chi connectivity index (χ1) is 15.0. The zero-order valence-electron chi connectivity index (χ0n) is 16.9. The molecule has 0 atom stereocenters. The Bertz CT molecular complexity index is 1150. The summed E-state index contributed by atoms with van der Waals surface area (Å²) in [7, 11) is 1.26. The van der Waals surface area contributed by atoms with Crippen LogP contribution in [0.3, 0.4) is 0 Å². The van der Waals surface area contributed by atoms with Crippen LogP contribution in [-0.4, -0.2) is 31.3 Å². The fourth-order valence-corrected chi connectivity index (χ4v) is 3.74. The largest absolute Gasteiger partial charge is 0.487 e. The summed E-state index contributed by atoms with van der Waals surface area (Å²) in [5.74, 6) is 1.55. The third kappa shape index (κ3) is 4.40. The molecule has 1 aliphatic rings. The van der Waals surface area contributed by atoms with E-state index in [1.165, 1.54) is 13.2 Å². The van der Waals surface area contributed by atoms with E-state index in [1.807, 2.05) is 43.3 Å². The number of pyridine rings is 1. The standard InChI is InChI=1S/C23H19Cl2NO5/c1-13-15(14-6-7-20-21(10-14)30-9-8-29-20)4-3-5-19(13)31-12-18-17(24)11-16(22(25)26-18)23(27)28-2/h3-7,10-11H,8-9,12H2,1-2H3. The van der Waals surface area contributed by atoms with E-state index in [-0.39, 0.29) is 22.3 Å². The van der Waals surface area contributed by atoms with Crippen molar-refractivity contribution in [2.24, 2.45) is 0 Å². The van der Waals surface area contributed by atoms with Crippen molar-refractivity contribution in [1.29, 1.82) is 0 Å². The van der Waals surface area contributed by atoms with Crippen LogP contribution >= 0.6 is 23.2 Å². The highest BCUT2D eigenvalue weighted by Gasteiger charge is 2.18. The van der Waals surface area contributed by atoms with E-state index in [0.29, 0.717) is 24.7 Å². The number of carbonyl (C=O) groups is 1. The number of aromatic nitrogens is 1. The van der Waals surface area contributed by atoms with Gasteiger partial charge in [-0.15, -0.1) is 0 Å². The van der Waals surface area contributed by atoms with E-state index < -0.39 is 5.97 Å². The molecule has 0 spiro atoms. The molecule has 0 radical (unpaired) electrons. The van der Waals surface area contributed by atoms with Crippen LogP contribution in [0.15, 0.2) is 42.5 Å². The third-order valence-electron chi connectivity index (χ3n) is 4.91. The summed E-state index contributed by atoms with van der Waals surface area (Å²) in [6, 6.07) is 13.1. The predicted molar refractivity (Wildman–Crippen MR) is 118 cm³/mol. The highest BCUT2D eigenvalue weighted by atomic mass is 35.5. The molecule has 2 heterocycles. The minimum absolute atomic E-state index is 0.0107. The fraction of sp³-hybridized carbons (Fsp3) is 0.217. The molecule has 6 nitrogen and oxygen atoms in total. The maximum atomic E-state index is 11.7. The molecule has 2 aromatic carbocycles. The van der Waals surface area contributed by atoms with Gasteiger partial charge in [0.1, 0.15) is 30.7 Å². The van der Waals surface area contributed by atoms with Gasteiger partial charge in [-0.1, -0.05) is 41.4 Å². The lowest BCUT2D eigenvalue weighted by molar-refractivity contribution is 0.0600. The summed E-state index contributed by atoms with van der Waals surface area (Å²) in [4.78, 5) is 15.9. The number of ether oxygens (including phenoxy) is 4. The molecule has 0 saturated heterocycles. The van der Waals surface area contributed by atoms with Crippen LogP contribution in [0, 0.1) is 6.92 Å². The monoisotopic (exact) mass is 459 g/mol. The Morgan fingerprint density at radius 3 is 2.65 bits per heavy atom. The SMILES string of the molecule is COC(=O)c1cc(Cl)c(COc2cccc(-c3ccc4c(c3)OCCO4)c2C)nc1Cl. The summed E-state index contributed by atoms with van der Waals surface area (Å²) in [6.07, 6.45) is 0. The molecular weight excluding hydrogens is 441 g/mol. The molecule has 0 saturated carbocycles. The van der Waals surface area contributed by atoms with E-state index in [9.17, 15) is 4.79 Å². The lowest BCUT2D eigenvalue weighted by Gasteiger charge is -2.19. The lowest BCUT2D eigenvalue weighted by Crippen LogP contribution is -2.15. The van der Waals surface area contributed by atoms with Crippen molar-refractivity contribution < 1.29 is 23.7 Å². The first-order valence-electron chi connectivity index (χ1n) is 9.53. The van der Waals surface area contributed by atoms with Crippen molar-refractivity contribution in [3.8, 4) is 28.4 Å². The molecule has 0 fully saturated rings. The van der Waals surface area contributed by atoms with E-state index in [4.69, 9.17) is 37.4 Å². The number of halogens is 2. The van der Waals surface area contributed by atoms with Crippen molar-refractivity contribution in [3.05, 3.63) is 69.5 Å². The van der Waals surface area contributed by atoms with Gasteiger partial charge in [-0.2, -0.15) is 0 Å². The molecule has 0 bridgehead atoms. The van der Waals surface area contributed by atoms with Crippen LogP contribution in [0.5, 0.6) is 17.2 Å². The fourth-order valence-electron chi connectivity index (χ4n) is 3.30. The number of hydrogen-bond acceptors (Lipinski definition) is 6. The van der Waals surface area contributed by atoms with Crippen LogP contribution < -0.4 is 14.2 Å². The summed E-state index contributed by atoms with van der Waals surface area (Å²) >= 11 is 12.4. The highest BCUT2D eigenvalue weighted by Crippen LogP contribution is 2.37. The van der Waals surface area contributed by atoms with Crippen LogP contribution in [0.4, 0.5) is 0 Å². The zero-order chi connectivity index (χ0) is 22.0. The molecule has 8 heteroatoms. The summed E-state index contributed by atoms with van der Waals surface area (Å²) < 4.78 is 22.0. The maximum absolute atomic E-state index is 11.7. The molecule has 160 valence electrons. The Labute approximate surface area is 189 Å². The molecular formula is C23H19Cl2NO5. The Kier molecular flexibility index (Phi) is 6.20. The van der Waals surface area contributed by atoms with E-state index in [2.05, 4.69) is 9.72 Å². The number of esters is 1. The van der Waals surface area contributed by atoms with E-state index in [1.54, 1.807) is 0 Å². The zero-order valence-corrected chi connectivity index (χ0v) is 18.4. The molecule has 0 amide bonds. The van der Waals surface area contributed by atoms with Gasteiger partial charge in [0.2, 0.25) is 0 Å². The van der Waals surface area contributed by atoms with E-state index >= 15 is 0 Å². The Morgan fingerprint density at radius 2 is 1.87 bits per heavy atom. The summed E-state index contributed by atoms with van der Waals surface area (Å²) in [6.45, 7) is 3.15. The minimum Gasteiger partial charge on any atom is -0.487 e. The Morgan fingerprint density at radius 1 is 1.10 bits per heavy atom. The number of methoxy groups -OCH3 is 1. The van der Waals surface area contributed by atoms with Crippen molar-refractivity contribution in [3.63, 3.8) is 0 Å². The first-order valence-corrected chi connectivity index (χ1v) is 10.3. The normalized spacial score (nSPS) is 12.4. The van der Waals surface area contributed by atoms with Crippen molar-refractivity contribution >= 4 is 29.2 Å². The molecule has 0 aliphatic carbocycles. The number of fused-ring (bicyclic) bond motifs is 1. The average Bonchev–Trinajstić information content (AvgIpc) is 2.79. The molecule has 1 aromatic heterocycles. The highest BCUT2D eigenvalue weighted by molar-refractivity contribution is 6.34. The Balaban J connectivity index is 1.57. The van der Waals surface area contributed by atoms with Crippen molar-refractivity contribution in [1.82, 2.24) is 4.98 Å². The van der Waals surface area contributed by atoms with Crippen LogP contribution in [0.2, 0.25) is 10.2 Å². The number of carbonyl (C=O) groups excluding carboxylic acids is 1. The number of hydrogen-bond donors (Lipinski definition) is 0. The van der Waals surface area contributed by atoms with Gasteiger partial charge >= 0.3 is 5.97 Å². The summed E-state index contributed by atoms with van der Waals surface area (Å²) in [5, 5.41) is 0.280. The summed E-state index contributed by atoms with van der Waals surface area (Å²) in [5.41, 5.74) is 3.48. The van der Waals surface area contributed by atoms with Gasteiger partial charge in [0.15, 0.2) is 11.5 Å². The van der Waals surface area contributed by atoms with Crippen LogP contribution in [0.1, 0.15) is 21.6 Å². The number of rotatable bonds is 5. The van der Waals surface area contributed by atoms with Crippen molar-refractivity contribution in [2.45, 2.75) is 13.5 Å². The molecule has 1 aliphatic heterocycles. The first kappa shape index (κ1) is 21.3. The van der Waals surface area contributed by atoms with E-state index in [0.717, 1.165) is 28.2 Å². The van der Waals surface area contributed by atoms with Gasteiger partial charge in [0.25, 0.3) is 0 Å². The molecule has 0 N–H and O–H groups in total. The van der Waals surface area contributed by atoms with Crippen molar-refractivity contribution in [2.75, 3.05) is 20.3 Å². The second-order valence-corrected chi connectivity index (χ2v) is 7.59. The van der Waals surface area contributed by atoms with Gasteiger partial charge in [-0.3, -0.25) is 0 Å². The van der Waals surface area contributed by atoms with Gasteiger partial charge < -0.3 is 18.9 Å².